The van der Waals surface area contributed by atoms with E-state index in [0.29, 0.717) is 5.52 Å². The first-order valence-electron chi connectivity index (χ1n) is 8.31. The summed E-state index contributed by atoms with van der Waals surface area (Å²) in [6, 6.07) is 6.17. The number of carbonyl (C=O) groups excluding carboxylic acids is 1. The molecular weight excluding hydrogens is 405 g/mol. The highest BCUT2D eigenvalue weighted by Crippen LogP contribution is 2.34. The zero-order valence-corrected chi connectivity index (χ0v) is 15.7. The van der Waals surface area contributed by atoms with Gasteiger partial charge in [0.2, 0.25) is 5.91 Å². The number of alkyl halides is 3. The molecule has 1 atom stereocenters. The molecule has 1 aromatic carbocycles. The SMILES string of the molecule is Cn1ccnc1-c1ccc2nc(C(C(N)=O)c3nccc(C(F)(F)F)n3)sc2c1. The van der Waals surface area contributed by atoms with Crippen LogP contribution in [-0.2, 0) is 18.0 Å². The average Bonchev–Trinajstić information content (AvgIpc) is 3.26. The largest absolute Gasteiger partial charge is 0.433 e. The lowest BCUT2D eigenvalue weighted by Crippen LogP contribution is -2.25. The summed E-state index contributed by atoms with van der Waals surface area (Å²) < 4.78 is 41.5. The van der Waals surface area contributed by atoms with Gasteiger partial charge in [0.25, 0.3) is 0 Å². The van der Waals surface area contributed by atoms with E-state index in [1.165, 1.54) is 0 Å². The molecule has 29 heavy (non-hydrogen) atoms. The van der Waals surface area contributed by atoms with Crippen LogP contribution in [0.1, 0.15) is 22.4 Å². The van der Waals surface area contributed by atoms with E-state index in [2.05, 4.69) is 19.9 Å². The van der Waals surface area contributed by atoms with Crippen LogP contribution in [0.3, 0.4) is 0 Å². The summed E-state index contributed by atoms with van der Waals surface area (Å²) in [6.45, 7) is 0. The fourth-order valence-electron chi connectivity index (χ4n) is 2.88. The molecule has 4 aromatic rings. The van der Waals surface area contributed by atoms with E-state index in [4.69, 9.17) is 5.73 Å². The molecule has 3 aromatic heterocycles. The Bertz CT molecular complexity index is 1220. The number of nitrogens with two attached hydrogens (primary N) is 1. The normalized spacial score (nSPS) is 13.0. The summed E-state index contributed by atoms with van der Waals surface area (Å²) in [5.41, 5.74) is 5.74. The van der Waals surface area contributed by atoms with Gasteiger partial charge in [-0.2, -0.15) is 13.2 Å². The van der Waals surface area contributed by atoms with Gasteiger partial charge in [-0.15, -0.1) is 11.3 Å². The quantitative estimate of drug-likeness (QED) is 0.549. The van der Waals surface area contributed by atoms with Gasteiger partial charge in [-0.25, -0.2) is 19.9 Å². The van der Waals surface area contributed by atoms with Crippen molar-refractivity contribution >= 4 is 27.5 Å². The van der Waals surface area contributed by atoms with Crippen molar-refractivity contribution in [3.05, 3.63) is 59.4 Å². The maximum Gasteiger partial charge on any atom is 0.433 e. The van der Waals surface area contributed by atoms with Crippen LogP contribution in [0.5, 0.6) is 0 Å². The lowest BCUT2D eigenvalue weighted by molar-refractivity contribution is -0.141. The molecule has 1 amide bonds. The highest BCUT2D eigenvalue weighted by Gasteiger charge is 2.35. The van der Waals surface area contributed by atoms with E-state index in [-0.39, 0.29) is 10.8 Å². The van der Waals surface area contributed by atoms with Gasteiger partial charge in [-0.05, 0) is 24.3 Å². The summed E-state index contributed by atoms with van der Waals surface area (Å²) >= 11 is 1.15. The van der Waals surface area contributed by atoms with Gasteiger partial charge in [0.15, 0.2) is 0 Å². The third-order valence-electron chi connectivity index (χ3n) is 4.24. The van der Waals surface area contributed by atoms with Crippen molar-refractivity contribution in [2.24, 2.45) is 12.8 Å². The van der Waals surface area contributed by atoms with Gasteiger partial charge in [-0.1, -0.05) is 0 Å². The van der Waals surface area contributed by atoms with Crippen molar-refractivity contribution in [3.8, 4) is 11.4 Å². The first kappa shape index (κ1) is 19.0. The van der Waals surface area contributed by atoms with Gasteiger partial charge in [0.1, 0.15) is 28.3 Å². The van der Waals surface area contributed by atoms with Crippen molar-refractivity contribution in [1.29, 1.82) is 0 Å². The van der Waals surface area contributed by atoms with Crippen LogP contribution in [0.15, 0.2) is 42.9 Å². The number of hydrogen-bond donors (Lipinski definition) is 1. The first-order valence-corrected chi connectivity index (χ1v) is 9.13. The minimum atomic E-state index is -4.66. The fourth-order valence-corrected chi connectivity index (χ4v) is 3.99. The third kappa shape index (κ3) is 3.56. The van der Waals surface area contributed by atoms with E-state index in [1.54, 1.807) is 12.3 Å². The number of halogens is 3. The summed E-state index contributed by atoms with van der Waals surface area (Å²) in [7, 11) is 1.86. The third-order valence-corrected chi connectivity index (χ3v) is 5.32. The van der Waals surface area contributed by atoms with Crippen LogP contribution in [-0.4, -0.2) is 30.4 Å². The molecular formula is C18H13F3N6OS. The lowest BCUT2D eigenvalue weighted by atomic mass is 10.1. The smallest absolute Gasteiger partial charge is 0.369 e. The Kier molecular flexibility index (Phi) is 4.53. The Balaban J connectivity index is 1.79. The molecule has 0 radical (unpaired) electrons. The minimum absolute atomic E-state index is 0.226. The minimum Gasteiger partial charge on any atom is -0.369 e. The predicted octanol–water partition coefficient (Wildman–Crippen LogP) is 3.12. The molecule has 2 N–H and O–H groups in total. The molecule has 0 fully saturated rings. The molecule has 3 heterocycles. The zero-order chi connectivity index (χ0) is 20.8. The topological polar surface area (TPSA) is 99.6 Å². The molecule has 0 aliphatic heterocycles. The van der Waals surface area contributed by atoms with E-state index < -0.39 is 23.7 Å². The number of amides is 1. The number of aryl methyl sites for hydroxylation is 1. The van der Waals surface area contributed by atoms with Crippen molar-refractivity contribution in [1.82, 2.24) is 24.5 Å². The monoisotopic (exact) mass is 418 g/mol. The summed E-state index contributed by atoms with van der Waals surface area (Å²) in [5.74, 6) is -1.76. The zero-order valence-electron chi connectivity index (χ0n) is 14.9. The number of primary amides is 1. The van der Waals surface area contributed by atoms with Crippen LogP contribution < -0.4 is 5.73 Å². The Morgan fingerprint density at radius 1 is 1.17 bits per heavy atom. The number of fused-ring (bicyclic) bond motifs is 1. The molecule has 1 unspecified atom stereocenters. The maximum absolute atomic E-state index is 13.0. The molecule has 0 bridgehead atoms. The number of benzene rings is 1. The summed E-state index contributed by atoms with van der Waals surface area (Å²) in [6.07, 6.45) is -0.227. The van der Waals surface area contributed by atoms with E-state index in [0.717, 1.165) is 39.7 Å². The molecule has 0 saturated carbocycles. The van der Waals surface area contributed by atoms with Gasteiger partial charge in [-0.3, -0.25) is 4.79 Å². The van der Waals surface area contributed by atoms with Crippen LogP contribution in [0.4, 0.5) is 13.2 Å². The van der Waals surface area contributed by atoms with Crippen LogP contribution in [0, 0.1) is 0 Å². The number of carbonyl (C=O) groups is 1. The first-order chi connectivity index (χ1) is 13.7. The lowest BCUT2D eigenvalue weighted by Gasteiger charge is -2.11. The second kappa shape index (κ2) is 6.92. The van der Waals surface area contributed by atoms with Crippen LogP contribution in [0.2, 0.25) is 0 Å². The van der Waals surface area contributed by atoms with Gasteiger partial charge >= 0.3 is 6.18 Å². The Hall–Kier alpha value is -3.34. The van der Waals surface area contributed by atoms with E-state index in [1.807, 2.05) is 29.9 Å². The number of nitrogens with zero attached hydrogens (tertiary/aromatic N) is 5. The average molecular weight is 418 g/mol. The second-order valence-electron chi connectivity index (χ2n) is 6.23. The standard InChI is InChI=1S/C18H13F3N6OS/c1-27-7-6-24-16(27)9-2-3-10-11(8-9)29-17(25-10)13(14(22)28)15-23-5-4-12(26-15)18(19,20)21/h2-8,13H,1H3,(H2,22,28). The number of rotatable bonds is 4. The molecule has 11 heteroatoms. The predicted molar refractivity (Wildman–Crippen MR) is 99.9 cm³/mol. The molecule has 0 aliphatic rings. The van der Waals surface area contributed by atoms with Gasteiger partial charge in [0.05, 0.1) is 10.2 Å². The maximum atomic E-state index is 13.0. The Morgan fingerprint density at radius 2 is 1.97 bits per heavy atom. The van der Waals surface area contributed by atoms with Gasteiger partial charge < -0.3 is 10.3 Å². The number of hydrogen-bond acceptors (Lipinski definition) is 6. The highest BCUT2D eigenvalue weighted by atomic mass is 32.1. The van der Waals surface area contributed by atoms with Crippen LogP contribution in [0.25, 0.3) is 21.6 Å². The highest BCUT2D eigenvalue weighted by molar-refractivity contribution is 7.18. The second-order valence-corrected chi connectivity index (χ2v) is 7.29. The van der Waals surface area contributed by atoms with Crippen molar-refractivity contribution in [3.63, 3.8) is 0 Å². The van der Waals surface area contributed by atoms with Gasteiger partial charge in [0, 0.05) is 31.2 Å². The van der Waals surface area contributed by atoms with Crippen molar-refractivity contribution < 1.29 is 18.0 Å². The molecule has 0 aliphatic carbocycles. The van der Waals surface area contributed by atoms with E-state index >= 15 is 0 Å². The molecule has 148 valence electrons. The number of aromatic nitrogens is 5. The number of thiazole rings is 1. The molecule has 4 rings (SSSR count). The summed E-state index contributed by atoms with van der Waals surface area (Å²) in [4.78, 5) is 28.0. The molecule has 0 spiro atoms. The summed E-state index contributed by atoms with van der Waals surface area (Å²) in [5, 5.41) is 0.226. The Morgan fingerprint density at radius 3 is 2.62 bits per heavy atom. The molecule has 0 saturated heterocycles. The van der Waals surface area contributed by atoms with Crippen molar-refractivity contribution in [2.45, 2.75) is 12.1 Å². The van der Waals surface area contributed by atoms with E-state index in [9.17, 15) is 18.0 Å². The van der Waals surface area contributed by atoms with Crippen LogP contribution >= 0.6 is 11.3 Å². The van der Waals surface area contributed by atoms with Crippen molar-refractivity contribution in [2.75, 3.05) is 0 Å². The fraction of sp³-hybridized carbons (Fsp3) is 0.167. The molecule has 7 nitrogen and oxygen atoms in total. The Labute approximate surface area is 166 Å². The number of imidazole rings is 1.